The van der Waals surface area contributed by atoms with Crippen LogP contribution in [0.25, 0.3) is 0 Å². The van der Waals surface area contributed by atoms with Crippen molar-refractivity contribution in [3.63, 3.8) is 0 Å². The molecule has 1 rings (SSSR count). The lowest BCUT2D eigenvalue weighted by molar-refractivity contribution is -0.130. The van der Waals surface area contributed by atoms with Gasteiger partial charge in [-0.15, -0.1) is 0 Å². The van der Waals surface area contributed by atoms with Crippen LogP contribution in [0, 0.1) is 0 Å². The molecule has 1 heterocycles. The maximum atomic E-state index is 11.6. The number of carbonyl (C=O) groups is 1. The molecule has 0 aliphatic carbocycles. The molecule has 0 atom stereocenters. The van der Waals surface area contributed by atoms with Crippen molar-refractivity contribution in [3.05, 3.63) is 11.9 Å². The monoisotopic (exact) mass is 242 g/mol. The van der Waals surface area contributed by atoms with E-state index in [0.717, 1.165) is 18.5 Å². The van der Waals surface area contributed by atoms with Crippen molar-refractivity contribution < 1.29 is 9.53 Å². The smallest absolute Gasteiger partial charge is 0.222 e. The van der Waals surface area contributed by atoms with Crippen molar-refractivity contribution >= 4 is 5.91 Å². The quantitative estimate of drug-likeness (QED) is 0.566. The Labute approximate surface area is 102 Å². The Hall–Kier alpha value is -1.27. The van der Waals surface area contributed by atoms with Gasteiger partial charge in [0.1, 0.15) is 0 Å². The van der Waals surface area contributed by atoms with E-state index in [1.165, 1.54) is 6.20 Å². The van der Waals surface area contributed by atoms with Gasteiger partial charge in [-0.25, -0.2) is 5.84 Å². The first-order valence-electron chi connectivity index (χ1n) is 5.90. The standard InChI is InChI=1S/C11H22N4O2/c1-14-6-7-17-9-10(8-12)15(13)5-3-2-4-11(14)16/h8H,2-7,9,12-13H2,1H3/b10-8-. The van der Waals surface area contributed by atoms with E-state index in [1.807, 2.05) is 0 Å². The molecule has 0 aromatic rings. The first-order valence-corrected chi connectivity index (χ1v) is 5.90. The number of likely N-dealkylation sites (N-methyl/N-ethyl adjacent to an activating group) is 1. The third-order valence-electron chi connectivity index (χ3n) is 2.85. The predicted octanol–water partition coefficient (Wildman–Crippen LogP) is -0.379. The SMILES string of the molecule is CN1CCOC/C(=C/N)N(N)CCCCC1=O. The highest BCUT2D eigenvalue weighted by molar-refractivity contribution is 5.75. The van der Waals surface area contributed by atoms with E-state index in [9.17, 15) is 4.79 Å². The molecule has 0 saturated carbocycles. The number of hydrogen-bond acceptors (Lipinski definition) is 5. The lowest BCUT2D eigenvalue weighted by Crippen LogP contribution is -2.36. The maximum Gasteiger partial charge on any atom is 0.222 e. The van der Waals surface area contributed by atoms with Gasteiger partial charge >= 0.3 is 0 Å². The van der Waals surface area contributed by atoms with Crippen LogP contribution in [0.15, 0.2) is 11.9 Å². The molecule has 1 aliphatic rings. The fourth-order valence-electron chi connectivity index (χ4n) is 1.62. The van der Waals surface area contributed by atoms with Gasteiger partial charge in [0.25, 0.3) is 0 Å². The molecule has 98 valence electrons. The van der Waals surface area contributed by atoms with Crippen LogP contribution in [0.5, 0.6) is 0 Å². The Bertz CT molecular complexity index is 281. The summed E-state index contributed by atoms with van der Waals surface area (Å²) in [6.07, 6.45) is 3.75. The van der Waals surface area contributed by atoms with Crippen molar-refractivity contribution in [3.8, 4) is 0 Å². The number of rotatable bonds is 0. The second-order valence-corrected chi connectivity index (χ2v) is 4.18. The normalized spacial score (nSPS) is 23.4. The lowest BCUT2D eigenvalue weighted by atomic mass is 10.2. The summed E-state index contributed by atoms with van der Waals surface area (Å²) in [5.41, 5.74) is 6.27. The van der Waals surface area contributed by atoms with Crippen molar-refractivity contribution in [2.45, 2.75) is 19.3 Å². The summed E-state index contributed by atoms with van der Waals surface area (Å²) in [6, 6.07) is 0. The molecule has 0 bridgehead atoms. The molecule has 0 aromatic heterocycles. The van der Waals surface area contributed by atoms with Crippen molar-refractivity contribution in [2.75, 3.05) is 33.4 Å². The molecule has 1 fully saturated rings. The van der Waals surface area contributed by atoms with Crippen LogP contribution in [-0.2, 0) is 9.53 Å². The molecule has 1 saturated heterocycles. The summed E-state index contributed by atoms with van der Waals surface area (Å²) < 4.78 is 5.44. The Morgan fingerprint density at radius 1 is 1.35 bits per heavy atom. The summed E-state index contributed by atoms with van der Waals surface area (Å²) in [4.78, 5) is 13.3. The highest BCUT2D eigenvalue weighted by atomic mass is 16.5. The number of hydrazine groups is 1. The van der Waals surface area contributed by atoms with Gasteiger partial charge in [-0.1, -0.05) is 0 Å². The van der Waals surface area contributed by atoms with Gasteiger partial charge in [0, 0.05) is 32.8 Å². The topological polar surface area (TPSA) is 84.8 Å². The third kappa shape index (κ3) is 4.62. The van der Waals surface area contributed by atoms with Gasteiger partial charge in [0.2, 0.25) is 5.91 Å². The van der Waals surface area contributed by atoms with Crippen LogP contribution in [0.3, 0.4) is 0 Å². The average Bonchev–Trinajstić information content (AvgIpc) is 2.32. The molecule has 1 amide bonds. The van der Waals surface area contributed by atoms with Gasteiger partial charge in [-0.2, -0.15) is 0 Å². The molecule has 0 unspecified atom stereocenters. The number of nitrogens with two attached hydrogens (primary N) is 2. The van der Waals surface area contributed by atoms with E-state index in [2.05, 4.69) is 0 Å². The molecular weight excluding hydrogens is 220 g/mol. The number of carbonyl (C=O) groups excluding carboxylic acids is 1. The second-order valence-electron chi connectivity index (χ2n) is 4.18. The van der Waals surface area contributed by atoms with Crippen LogP contribution in [0.4, 0.5) is 0 Å². The van der Waals surface area contributed by atoms with Crippen LogP contribution in [0.2, 0.25) is 0 Å². The highest BCUT2D eigenvalue weighted by Crippen LogP contribution is 2.05. The van der Waals surface area contributed by atoms with Gasteiger partial charge in [0.05, 0.1) is 18.9 Å². The summed E-state index contributed by atoms with van der Waals surface area (Å²) in [6.45, 7) is 2.16. The molecule has 1 aliphatic heterocycles. The zero-order chi connectivity index (χ0) is 12.7. The number of nitrogens with zero attached hydrogens (tertiary/aromatic N) is 2. The predicted molar refractivity (Wildman–Crippen MR) is 65.5 cm³/mol. The summed E-state index contributed by atoms with van der Waals surface area (Å²) in [7, 11) is 1.80. The highest BCUT2D eigenvalue weighted by Gasteiger charge is 2.11. The molecule has 4 N–H and O–H groups in total. The second kappa shape index (κ2) is 7.13. The molecule has 6 nitrogen and oxygen atoms in total. The van der Waals surface area contributed by atoms with Crippen molar-refractivity contribution in [1.82, 2.24) is 9.91 Å². The fraction of sp³-hybridized carbons (Fsp3) is 0.727. The molecular formula is C11H22N4O2. The number of hydrogen-bond donors (Lipinski definition) is 2. The van der Waals surface area contributed by atoms with E-state index in [1.54, 1.807) is 17.0 Å². The average molecular weight is 242 g/mol. The molecule has 6 heteroatoms. The van der Waals surface area contributed by atoms with Crippen molar-refractivity contribution in [2.24, 2.45) is 11.6 Å². The Kier molecular flexibility index (Phi) is 5.79. The lowest BCUT2D eigenvalue weighted by Gasteiger charge is -2.24. The van der Waals surface area contributed by atoms with E-state index in [-0.39, 0.29) is 5.91 Å². The summed E-state index contributed by atoms with van der Waals surface area (Å²) in [5.74, 6) is 6.00. The number of amides is 1. The van der Waals surface area contributed by atoms with E-state index < -0.39 is 0 Å². The van der Waals surface area contributed by atoms with Crippen molar-refractivity contribution in [1.29, 1.82) is 0 Å². The van der Waals surface area contributed by atoms with Gasteiger partial charge in [-0.05, 0) is 12.8 Å². The Morgan fingerprint density at radius 2 is 2.12 bits per heavy atom. The molecule has 0 radical (unpaired) electrons. The van der Waals surface area contributed by atoms with Crippen LogP contribution in [0.1, 0.15) is 19.3 Å². The summed E-state index contributed by atoms with van der Waals surface area (Å²) >= 11 is 0. The number of ether oxygens (including phenoxy) is 1. The Balaban J connectivity index is 2.53. The van der Waals surface area contributed by atoms with Gasteiger partial charge < -0.3 is 20.4 Å². The first-order chi connectivity index (χ1) is 8.15. The van der Waals surface area contributed by atoms with E-state index in [0.29, 0.717) is 32.7 Å². The molecule has 0 spiro atoms. The largest absolute Gasteiger partial charge is 0.403 e. The Morgan fingerprint density at radius 3 is 2.82 bits per heavy atom. The minimum atomic E-state index is 0.160. The third-order valence-corrected chi connectivity index (χ3v) is 2.85. The van der Waals surface area contributed by atoms with E-state index in [4.69, 9.17) is 16.3 Å². The zero-order valence-electron chi connectivity index (χ0n) is 10.4. The first kappa shape index (κ1) is 13.8. The minimum Gasteiger partial charge on any atom is -0.403 e. The minimum absolute atomic E-state index is 0.160. The zero-order valence-corrected chi connectivity index (χ0v) is 10.4. The van der Waals surface area contributed by atoms with Crippen LogP contribution >= 0.6 is 0 Å². The van der Waals surface area contributed by atoms with Crippen LogP contribution < -0.4 is 11.6 Å². The van der Waals surface area contributed by atoms with Gasteiger partial charge in [0.15, 0.2) is 0 Å². The summed E-state index contributed by atoms with van der Waals surface area (Å²) in [5, 5.41) is 1.59. The maximum absolute atomic E-state index is 11.6. The van der Waals surface area contributed by atoms with Crippen LogP contribution in [-0.4, -0.2) is 49.2 Å². The molecule has 0 aromatic carbocycles. The van der Waals surface area contributed by atoms with E-state index >= 15 is 0 Å². The molecule has 17 heavy (non-hydrogen) atoms. The van der Waals surface area contributed by atoms with Gasteiger partial charge in [-0.3, -0.25) is 4.79 Å². The fourth-order valence-corrected chi connectivity index (χ4v) is 1.62.